The lowest BCUT2D eigenvalue weighted by atomic mass is 9.98. The summed E-state index contributed by atoms with van der Waals surface area (Å²) >= 11 is 0. The topological polar surface area (TPSA) is 112 Å². The highest BCUT2D eigenvalue weighted by molar-refractivity contribution is 5.82. The number of nitrogens with two attached hydrogens (primary N) is 1. The molecule has 33 heavy (non-hydrogen) atoms. The monoisotopic (exact) mass is 449 g/mol. The van der Waals surface area contributed by atoms with Crippen LogP contribution in [0.25, 0.3) is 27.9 Å². The van der Waals surface area contributed by atoms with E-state index in [1.165, 1.54) is 11.1 Å². The van der Waals surface area contributed by atoms with Gasteiger partial charge in [-0.05, 0) is 29.2 Å². The van der Waals surface area contributed by atoms with Crippen molar-refractivity contribution in [1.29, 1.82) is 0 Å². The van der Waals surface area contributed by atoms with E-state index in [1.54, 1.807) is 0 Å². The van der Waals surface area contributed by atoms with Crippen molar-refractivity contribution in [2.24, 2.45) is 5.73 Å². The van der Waals surface area contributed by atoms with E-state index in [0.29, 0.717) is 25.6 Å². The van der Waals surface area contributed by atoms with Crippen molar-refractivity contribution in [1.82, 2.24) is 9.97 Å². The number of fused-ring (bicyclic) bond motifs is 2. The molecule has 8 nitrogen and oxygen atoms in total. The van der Waals surface area contributed by atoms with Crippen molar-refractivity contribution in [3.8, 4) is 17.1 Å². The quantitative estimate of drug-likeness (QED) is 0.548. The Morgan fingerprint density at radius 3 is 2.70 bits per heavy atom. The van der Waals surface area contributed by atoms with Crippen molar-refractivity contribution in [3.05, 3.63) is 53.6 Å². The number of rotatable bonds is 5. The molecule has 0 radical (unpaired) electrons. The molecule has 2 fully saturated rings. The number of aliphatic hydroxyl groups is 1. The Morgan fingerprint density at radius 1 is 1.09 bits per heavy atom. The standard InChI is InChI=1S/C25H27N3O5/c26-11-17-9-18-19(10-22(27-18)33-21-13-32-24-20(29)12-31-25(21)24)28-23(17)16-3-1-14(2-4-16)15-5-7-30-8-6-15/h1-5,9-10,20-21,24-25,27,29H,6-8,11-13,26H2/t20-,21-,24-,25-/m1/s1. The molecule has 0 spiro atoms. The zero-order chi connectivity index (χ0) is 22.4. The van der Waals surface area contributed by atoms with Crippen LogP contribution in [0.5, 0.6) is 5.88 Å². The van der Waals surface area contributed by atoms with Crippen LogP contribution in [0.2, 0.25) is 0 Å². The van der Waals surface area contributed by atoms with Gasteiger partial charge >= 0.3 is 0 Å². The second-order valence-corrected chi connectivity index (χ2v) is 8.72. The number of pyridine rings is 1. The third-order valence-corrected chi connectivity index (χ3v) is 6.63. The van der Waals surface area contributed by atoms with Crippen LogP contribution in [0, 0.1) is 0 Å². The number of nitrogens with zero attached hydrogens (tertiary/aromatic N) is 1. The highest BCUT2D eigenvalue weighted by atomic mass is 16.6. The number of H-pyrrole nitrogens is 1. The van der Waals surface area contributed by atoms with Gasteiger partial charge in [0, 0.05) is 18.2 Å². The minimum Gasteiger partial charge on any atom is -0.470 e. The van der Waals surface area contributed by atoms with E-state index in [1.807, 2.05) is 12.1 Å². The predicted octanol–water partition coefficient (Wildman–Crippen LogP) is 2.40. The van der Waals surface area contributed by atoms with Gasteiger partial charge in [-0.15, -0.1) is 0 Å². The fourth-order valence-corrected chi connectivity index (χ4v) is 4.88. The van der Waals surface area contributed by atoms with Gasteiger partial charge in [0.1, 0.15) is 18.3 Å². The predicted molar refractivity (Wildman–Crippen MR) is 123 cm³/mol. The first-order valence-corrected chi connectivity index (χ1v) is 11.4. The van der Waals surface area contributed by atoms with E-state index in [9.17, 15) is 5.11 Å². The summed E-state index contributed by atoms with van der Waals surface area (Å²) in [6.45, 7) is 2.47. The minimum absolute atomic E-state index is 0.265. The van der Waals surface area contributed by atoms with Crippen LogP contribution in [0.1, 0.15) is 17.5 Å². The first-order chi connectivity index (χ1) is 16.2. The van der Waals surface area contributed by atoms with Gasteiger partial charge in [0.05, 0.1) is 43.2 Å². The summed E-state index contributed by atoms with van der Waals surface area (Å²) in [5.74, 6) is 0.596. The molecular weight excluding hydrogens is 422 g/mol. The van der Waals surface area contributed by atoms with Gasteiger partial charge in [0.25, 0.3) is 0 Å². The second-order valence-electron chi connectivity index (χ2n) is 8.72. The largest absolute Gasteiger partial charge is 0.470 e. The molecule has 0 bridgehead atoms. The van der Waals surface area contributed by atoms with Gasteiger partial charge in [-0.3, -0.25) is 0 Å². The molecule has 3 aliphatic heterocycles. The molecule has 0 unspecified atom stereocenters. The van der Waals surface area contributed by atoms with E-state index in [4.69, 9.17) is 29.7 Å². The molecular formula is C25H27N3O5. The molecule has 1 aromatic carbocycles. The Kier molecular flexibility index (Phi) is 5.40. The third-order valence-electron chi connectivity index (χ3n) is 6.63. The molecule has 0 amide bonds. The van der Waals surface area contributed by atoms with Crippen LogP contribution < -0.4 is 10.5 Å². The van der Waals surface area contributed by atoms with E-state index in [-0.39, 0.29) is 24.9 Å². The molecule has 2 saturated heterocycles. The number of nitrogens with one attached hydrogen (secondary N) is 1. The van der Waals surface area contributed by atoms with Gasteiger partial charge < -0.3 is 34.8 Å². The first-order valence-electron chi connectivity index (χ1n) is 11.4. The Morgan fingerprint density at radius 2 is 1.91 bits per heavy atom. The van der Waals surface area contributed by atoms with Gasteiger partial charge in [-0.2, -0.15) is 0 Å². The fourth-order valence-electron chi connectivity index (χ4n) is 4.88. The highest BCUT2D eigenvalue weighted by Crippen LogP contribution is 2.32. The maximum Gasteiger partial charge on any atom is 0.193 e. The lowest BCUT2D eigenvalue weighted by Gasteiger charge is -2.16. The summed E-state index contributed by atoms with van der Waals surface area (Å²) in [5.41, 5.74) is 13.1. The Bertz CT molecular complexity index is 1190. The zero-order valence-electron chi connectivity index (χ0n) is 18.2. The van der Waals surface area contributed by atoms with Crippen molar-refractivity contribution >= 4 is 16.6 Å². The van der Waals surface area contributed by atoms with Crippen LogP contribution in [0.15, 0.2) is 42.5 Å². The van der Waals surface area contributed by atoms with Crippen LogP contribution in [-0.2, 0) is 20.8 Å². The lowest BCUT2D eigenvalue weighted by molar-refractivity contribution is 0.00794. The van der Waals surface area contributed by atoms with Crippen molar-refractivity contribution in [2.75, 3.05) is 26.4 Å². The summed E-state index contributed by atoms with van der Waals surface area (Å²) in [7, 11) is 0. The SMILES string of the molecule is NCc1cc2[nH]c(O[C@@H]3CO[C@H]4[C@@H]3OC[C@H]4O)cc2nc1-c1ccc(C2=CCOCC2)cc1. The third kappa shape index (κ3) is 3.84. The number of aliphatic hydroxyl groups excluding tert-OH is 1. The van der Waals surface area contributed by atoms with E-state index < -0.39 is 6.10 Å². The van der Waals surface area contributed by atoms with Crippen LogP contribution in [-0.4, -0.2) is 65.9 Å². The number of hydrogen-bond acceptors (Lipinski definition) is 7. The van der Waals surface area contributed by atoms with Crippen LogP contribution in [0.4, 0.5) is 0 Å². The zero-order valence-corrected chi connectivity index (χ0v) is 18.2. The molecule has 3 aromatic rings. The summed E-state index contributed by atoms with van der Waals surface area (Å²) in [6.07, 6.45) is 1.61. The molecule has 0 saturated carbocycles. The Balaban J connectivity index is 1.27. The number of ether oxygens (including phenoxy) is 4. The summed E-state index contributed by atoms with van der Waals surface area (Å²) in [4.78, 5) is 8.19. The molecule has 4 N–H and O–H groups in total. The summed E-state index contributed by atoms with van der Waals surface area (Å²) in [6, 6.07) is 12.4. The average molecular weight is 450 g/mol. The maximum absolute atomic E-state index is 9.94. The minimum atomic E-state index is -0.600. The maximum atomic E-state index is 9.94. The van der Waals surface area contributed by atoms with Gasteiger partial charge in [0.2, 0.25) is 0 Å². The van der Waals surface area contributed by atoms with Gasteiger partial charge in [-0.1, -0.05) is 30.3 Å². The molecule has 6 rings (SSSR count). The molecule has 172 valence electrons. The average Bonchev–Trinajstić information content (AvgIpc) is 3.55. The van der Waals surface area contributed by atoms with Crippen molar-refractivity contribution in [3.63, 3.8) is 0 Å². The van der Waals surface area contributed by atoms with Gasteiger partial charge in [-0.25, -0.2) is 4.98 Å². The number of benzene rings is 1. The van der Waals surface area contributed by atoms with Gasteiger partial charge in [0.15, 0.2) is 12.0 Å². The second kappa shape index (κ2) is 8.55. The van der Waals surface area contributed by atoms with E-state index in [2.05, 4.69) is 35.3 Å². The molecule has 4 atom stereocenters. The Hall–Kier alpha value is -2.75. The Labute approximate surface area is 191 Å². The van der Waals surface area contributed by atoms with Crippen LogP contribution in [0.3, 0.4) is 0 Å². The fraction of sp³-hybridized carbons (Fsp3) is 0.400. The van der Waals surface area contributed by atoms with E-state index >= 15 is 0 Å². The normalized spacial score (nSPS) is 27.0. The first kappa shape index (κ1) is 20.8. The van der Waals surface area contributed by atoms with Crippen molar-refractivity contribution in [2.45, 2.75) is 37.4 Å². The molecule has 0 aliphatic carbocycles. The lowest BCUT2D eigenvalue weighted by Crippen LogP contribution is -2.34. The van der Waals surface area contributed by atoms with Crippen molar-refractivity contribution < 1.29 is 24.1 Å². The van der Waals surface area contributed by atoms with Crippen LogP contribution >= 0.6 is 0 Å². The molecule has 3 aliphatic rings. The summed E-state index contributed by atoms with van der Waals surface area (Å²) in [5, 5.41) is 9.94. The van der Waals surface area contributed by atoms with E-state index in [0.717, 1.165) is 40.9 Å². The highest BCUT2D eigenvalue weighted by Gasteiger charge is 2.48. The smallest absolute Gasteiger partial charge is 0.193 e. The molecule has 8 heteroatoms. The molecule has 2 aromatic heterocycles. The number of aromatic nitrogens is 2. The summed E-state index contributed by atoms with van der Waals surface area (Å²) < 4.78 is 22.9. The number of hydrogen-bond donors (Lipinski definition) is 3. The number of aromatic amines is 1. The molecule has 5 heterocycles.